The molecule has 1 aliphatic heterocycles. The molecule has 0 aromatic heterocycles. The second kappa shape index (κ2) is 10.5. The number of hydrogen-bond donors (Lipinski definition) is 1. The van der Waals surface area contributed by atoms with Crippen LogP contribution in [0.25, 0.3) is 0 Å². The molecule has 3 rings (SSSR count). The highest BCUT2D eigenvalue weighted by Gasteiger charge is 2.33. The van der Waals surface area contributed by atoms with Crippen molar-refractivity contribution in [3.05, 3.63) is 30.1 Å². The van der Waals surface area contributed by atoms with Gasteiger partial charge in [-0.15, -0.1) is 0 Å². The molecule has 6 nitrogen and oxygen atoms in total. The van der Waals surface area contributed by atoms with Crippen LogP contribution in [0.15, 0.2) is 29.2 Å². The van der Waals surface area contributed by atoms with E-state index < -0.39 is 15.8 Å². The second-order valence-electron chi connectivity index (χ2n) is 7.93. The van der Waals surface area contributed by atoms with Gasteiger partial charge in [-0.05, 0) is 56.4 Å². The molecular formula is C21H31FN2O4S. The van der Waals surface area contributed by atoms with Gasteiger partial charge in [-0.25, -0.2) is 12.8 Å². The Kier molecular flexibility index (Phi) is 8.03. The van der Waals surface area contributed by atoms with Gasteiger partial charge in [0.05, 0.1) is 16.9 Å². The van der Waals surface area contributed by atoms with Crippen LogP contribution in [0.1, 0.15) is 51.4 Å². The Balaban J connectivity index is 1.43. The summed E-state index contributed by atoms with van der Waals surface area (Å²) in [4.78, 5) is 12.5. The zero-order chi connectivity index (χ0) is 20.7. The van der Waals surface area contributed by atoms with E-state index >= 15 is 0 Å². The number of sulfonamides is 1. The van der Waals surface area contributed by atoms with Crippen LogP contribution in [0, 0.1) is 11.7 Å². The maximum Gasteiger partial charge on any atom is 0.243 e. The van der Waals surface area contributed by atoms with E-state index in [4.69, 9.17) is 4.74 Å². The first-order chi connectivity index (χ1) is 14.0. The van der Waals surface area contributed by atoms with Crippen LogP contribution < -0.4 is 5.32 Å². The molecule has 1 atom stereocenters. The number of piperidine rings is 1. The van der Waals surface area contributed by atoms with Gasteiger partial charge >= 0.3 is 0 Å². The molecule has 1 amide bonds. The molecular weight excluding hydrogens is 395 g/mol. The molecule has 0 spiro atoms. The van der Waals surface area contributed by atoms with Gasteiger partial charge in [0.25, 0.3) is 0 Å². The first-order valence-electron chi connectivity index (χ1n) is 10.6. The number of nitrogens with one attached hydrogen (secondary N) is 1. The quantitative estimate of drug-likeness (QED) is 0.648. The van der Waals surface area contributed by atoms with E-state index in [1.165, 1.54) is 35.7 Å². The van der Waals surface area contributed by atoms with E-state index in [0.717, 1.165) is 31.4 Å². The number of amides is 1. The molecule has 1 aromatic carbocycles. The fourth-order valence-corrected chi connectivity index (χ4v) is 5.56. The third kappa shape index (κ3) is 6.23. The predicted octanol–water partition coefficient (Wildman–Crippen LogP) is 3.08. The number of nitrogens with zero attached hydrogens (tertiary/aromatic N) is 1. The van der Waals surface area contributed by atoms with Gasteiger partial charge < -0.3 is 10.1 Å². The van der Waals surface area contributed by atoms with Crippen LogP contribution in [0.2, 0.25) is 0 Å². The average Bonchev–Trinajstić information content (AvgIpc) is 2.74. The number of ether oxygens (including phenoxy) is 1. The van der Waals surface area contributed by atoms with E-state index in [1.54, 1.807) is 0 Å². The normalized spacial score (nSPS) is 21.8. The fraction of sp³-hybridized carbons (Fsp3) is 0.667. The van der Waals surface area contributed by atoms with Gasteiger partial charge in [0, 0.05) is 26.2 Å². The van der Waals surface area contributed by atoms with Crippen molar-refractivity contribution < 1.29 is 22.3 Å². The minimum atomic E-state index is -3.72. The lowest BCUT2D eigenvalue weighted by Crippen LogP contribution is -2.45. The zero-order valence-electron chi connectivity index (χ0n) is 16.8. The largest absolute Gasteiger partial charge is 0.378 e. The molecule has 1 saturated carbocycles. The lowest BCUT2D eigenvalue weighted by atomic mass is 9.98. The summed E-state index contributed by atoms with van der Waals surface area (Å²) in [5.74, 6) is -0.952. The maximum atomic E-state index is 13.1. The monoisotopic (exact) mass is 426 g/mol. The molecule has 1 aromatic rings. The molecule has 1 heterocycles. The van der Waals surface area contributed by atoms with Crippen LogP contribution in [0.3, 0.4) is 0 Å². The molecule has 0 bridgehead atoms. The molecule has 1 N–H and O–H groups in total. The summed E-state index contributed by atoms with van der Waals surface area (Å²) >= 11 is 0. The molecule has 1 aliphatic carbocycles. The summed E-state index contributed by atoms with van der Waals surface area (Å²) < 4.78 is 45.8. The summed E-state index contributed by atoms with van der Waals surface area (Å²) in [6, 6.07) is 4.80. The SMILES string of the molecule is O=C(NCCCOC1CCCCC1)C1CCCN(S(=O)(=O)c2ccc(F)cc2)C1. The molecule has 162 valence electrons. The Morgan fingerprint density at radius 1 is 1.10 bits per heavy atom. The van der Waals surface area contributed by atoms with Crippen LogP contribution in [0.5, 0.6) is 0 Å². The lowest BCUT2D eigenvalue weighted by Gasteiger charge is -2.31. The summed E-state index contributed by atoms with van der Waals surface area (Å²) in [6.07, 6.45) is 8.45. The zero-order valence-corrected chi connectivity index (χ0v) is 17.6. The third-order valence-corrected chi connectivity index (χ3v) is 7.61. The van der Waals surface area contributed by atoms with Gasteiger partial charge in [0.1, 0.15) is 5.82 Å². The summed E-state index contributed by atoms with van der Waals surface area (Å²) in [6.45, 7) is 1.70. The topological polar surface area (TPSA) is 75.7 Å². The fourth-order valence-electron chi connectivity index (χ4n) is 4.04. The molecule has 8 heteroatoms. The van der Waals surface area contributed by atoms with Crippen molar-refractivity contribution in [2.75, 3.05) is 26.2 Å². The second-order valence-corrected chi connectivity index (χ2v) is 9.87. The van der Waals surface area contributed by atoms with Gasteiger partial charge in [0.2, 0.25) is 15.9 Å². The molecule has 2 aliphatic rings. The van der Waals surface area contributed by atoms with Crippen LogP contribution in [0.4, 0.5) is 4.39 Å². The van der Waals surface area contributed by atoms with E-state index in [0.29, 0.717) is 38.6 Å². The number of halogens is 1. The smallest absolute Gasteiger partial charge is 0.243 e. The van der Waals surface area contributed by atoms with Crippen molar-refractivity contribution in [2.45, 2.75) is 62.4 Å². The maximum absolute atomic E-state index is 13.1. The first-order valence-corrected chi connectivity index (χ1v) is 12.1. The summed E-state index contributed by atoms with van der Waals surface area (Å²) in [7, 11) is -3.72. The van der Waals surface area contributed by atoms with Crippen molar-refractivity contribution in [1.82, 2.24) is 9.62 Å². The van der Waals surface area contributed by atoms with E-state index in [1.807, 2.05) is 0 Å². The number of carbonyl (C=O) groups excluding carboxylic acids is 1. The molecule has 2 fully saturated rings. The third-order valence-electron chi connectivity index (χ3n) is 5.73. The van der Waals surface area contributed by atoms with Gasteiger partial charge in [-0.3, -0.25) is 4.79 Å². The van der Waals surface area contributed by atoms with Crippen molar-refractivity contribution in [3.8, 4) is 0 Å². The van der Waals surface area contributed by atoms with Crippen LogP contribution in [-0.4, -0.2) is 51.0 Å². The molecule has 1 unspecified atom stereocenters. The molecule has 1 saturated heterocycles. The Bertz CT molecular complexity index is 763. The van der Waals surface area contributed by atoms with Crippen molar-refractivity contribution in [3.63, 3.8) is 0 Å². The molecule has 29 heavy (non-hydrogen) atoms. The number of rotatable bonds is 8. The average molecular weight is 427 g/mol. The van der Waals surface area contributed by atoms with Crippen molar-refractivity contribution in [1.29, 1.82) is 0 Å². The highest BCUT2D eigenvalue weighted by molar-refractivity contribution is 7.89. The number of hydrogen-bond acceptors (Lipinski definition) is 4. The van der Waals surface area contributed by atoms with E-state index in [2.05, 4.69) is 5.32 Å². The first kappa shape index (κ1) is 22.2. The van der Waals surface area contributed by atoms with Gasteiger partial charge in [-0.1, -0.05) is 19.3 Å². The highest BCUT2D eigenvalue weighted by atomic mass is 32.2. The van der Waals surface area contributed by atoms with Crippen LogP contribution in [-0.2, 0) is 19.6 Å². The van der Waals surface area contributed by atoms with Gasteiger partial charge in [0.15, 0.2) is 0 Å². The van der Waals surface area contributed by atoms with E-state index in [-0.39, 0.29) is 23.3 Å². The predicted molar refractivity (Wildman–Crippen MR) is 108 cm³/mol. The minimum Gasteiger partial charge on any atom is -0.378 e. The van der Waals surface area contributed by atoms with Crippen molar-refractivity contribution >= 4 is 15.9 Å². The minimum absolute atomic E-state index is 0.0554. The summed E-state index contributed by atoms with van der Waals surface area (Å²) in [5, 5.41) is 2.92. The van der Waals surface area contributed by atoms with E-state index in [9.17, 15) is 17.6 Å². The highest BCUT2D eigenvalue weighted by Crippen LogP contribution is 2.24. The number of carbonyl (C=O) groups is 1. The summed E-state index contributed by atoms with van der Waals surface area (Å²) in [5.41, 5.74) is 0. The Hall–Kier alpha value is -1.51. The Morgan fingerprint density at radius 2 is 1.83 bits per heavy atom. The Labute approximate surface area is 172 Å². The van der Waals surface area contributed by atoms with Crippen molar-refractivity contribution in [2.24, 2.45) is 5.92 Å². The standard InChI is InChI=1S/C21H31FN2O4S/c22-18-9-11-20(12-10-18)29(26,27)24-14-4-6-17(16-24)21(25)23-13-5-15-28-19-7-2-1-3-8-19/h9-12,17,19H,1-8,13-16H2,(H,23,25). The Morgan fingerprint density at radius 3 is 2.55 bits per heavy atom. The lowest BCUT2D eigenvalue weighted by molar-refractivity contribution is -0.126. The van der Waals surface area contributed by atoms with Crippen LogP contribution >= 0.6 is 0 Å². The molecule has 0 radical (unpaired) electrons. The number of benzene rings is 1. The van der Waals surface area contributed by atoms with Gasteiger partial charge in [-0.2, -0.15) is 4.31 Å².